The maximum Gasteiger partial charge on any atom is 0.138 e. The number of benzene rings is 2. The quantitative estimate of drug-likeness (QED) is 0.481. The molecule has 29 heavy (non-hydrogen) atoms. The Kier molecular flexibility index (Phi) is 3.69. The molecule has 0 spiro atoms. The minimum Gasteiger partial charge on any atom is -0.321 e. The van der Waals surface area contributed by atoms with E-state index in [4.69, 9.17) is 10.7 Å². The van der Waals surface area contributed by atoms with Gasteiger partial charge in [-0.3, -0.25) is 4.40 Å². The lowest BCUT2D eigenvalue weighted by molar-refractivity contribution is 0.253. The molecule has 144 valence electrons. The zero-order chi connectivity index (χ0) is 19.4. The molecule has 0 atom stereocenters. The molecule has 3 nitrogen and oxygen atoms in total. The van der Waals surface area contributed by atoms with Crippen LogP contribution in [0.15, 0.2) is 72.9 Å². The van der Waals surface area contributed by atoms with Crippen molar-refractivity contribution in [2.45, 2.75) is 43.6 Å². The van der Waals surface area contributed by atoms with E-state index in [0.717, 1.165) is 41.4 Å². The van der Waals surface area contributed by atoms with E-state index in [1.54, 1.807) is 0 Å². The third kappa shape index (κ3) is 2.80. The van der Waals surface area contributed by atoms with Crippen molar-refractivity contribution in [3.8, 4) is 22.5 Å². The summed E-state index contributed by atoms with van der Waals surface area (Å²) < 4.78 is 2.24. The van der Waals surface area contributed by atoms with Crippen LogP contribution in [0.2, 0.25) is 0 Å². The third-order valence-corrected chi connectivity index (χ3v) is 6.73. The SMILES string of the molecule is NC1(c2ccc(-c3nc4cc(C5CC5)ccn4c3-c3ccccc3)cc2)CCC1. The summed E-state index contributed by atoms with van der Waals surface area (Å²) in [5, 5.41) is 0. The molecule has 0 unspecified atom stereocenters. The van der Waals surface area contributed by atoms with Crippen molar-refractivity contribution in [2.24, 2.45) is 5.73 Å². The molecule has 0 bridgehead atoms. The van der Waals surface area contributed by atoms with Gasteiger partial charge < -0.3 is 5.73 Å². The molecule has 0 saturated heterocycles. The van der Waals surface area contributed by atoms with Gasteiger partial charge in [0.05, 0.1) is 11.4 Å². The van der Waals surface area contributed by atoms with Crippen molar-refractivity contribution in [1.29, 1.82) is 0 Å². The van der Waals surface area contributed by atoms with Gasteiger partial charge >= 0.3 is 0 Å². The normalized spacial score (nSPS) is 18.0. The lowest BCUT2D eigenvalue weighted by Crippen LogP contribution is -2.43. The van der Waals surface area contributed by atoms with Crippen LogP contribution in [0, 0.1) is 0 Å². The summed E-state index contributed by atoms with van der Waals surface area (Å²) >= 11 is 0. The molecule has 3 heteroatoms. The van der Waals surface area contributed by atoms with Crippen molar-refractivity contribution < 1.29 is 0 Å². The Bertz CT molecular complexity index is 1180. The molecular formula is C26H25N3. The van der Waals surface area contributed by atoms with Crippen LogP contribution in [0.1, 0.15) is 49.1 Å². The molecule has 2 heterocycles. The molecule has 2 aliphatic rings. The van der Waals surface area contributed by atoms with Gasteiger partial charge in [0.1, 0.15) is 5.65 Å². The van der Waals surface area contributed by atoms with Crippen LogP contribution in [0.25, 0.3) is 28.2 Å². The number of aromatic nitrogens is 2. The van der Waals surface area contributed by atoms with Crippen LogP contribution in [-0.2, 0) is 5.54 Å². The number of nitrogens with zero attached hydrogens (tertiary/aromatic N) is 2. The molecule has 4 aromatic rings. The van der Waals surface area contributed by atoms with Gasteiger partial charge in [0.25, 0.3) is 0 Å². The highest BCUT2D eigenvalue weighted by Crippen LogP contribution is 2.42. The fourth-order valence-electron chi connectivity index (χ4n) is 4.61. The summed E-state index contributed by atoms with van der Waals surface area (Å²) in [5.41, 5.74) is 14.6. The van der Waals surface area contributed by atoms with Crippen LogP contribution in [0.3, 0.4) is 0 Å². The van der Waals surface area contributed by atoms with Crippen LogP contribution in [0.5, 0.6) is 0 Å². The van der Waals surface area contributed by atoms with Crippen LogP contribution >= 0.6 is 0 Å². The fourth-order valence-corrected chi connectivity index (χ4v) is 4.61. The van der Waals surface area contributed by atoms with Gasteiger partial charge in [0, 0.05) is 22.9 Å². The number of rotatable bonds is 4. The predicted molar refractivity (Wildman–Crippen MR) is 118 cm³/mol. The highest BCUT2D eigenvalue weighted by molar-refractivity contribution is 5.82. The van der Waals surface area contributed by atoms with Gasteiger partial charge in [-0.2, -0.15) is 0 Å². The van der Waals surface area contributed by atoms with Gasteiger partial charge in [-0.05, 0) is 61.3 Å². The molecular weight excluding hydrogens is 354 g/mol. The first-order chi connectivity index (χ1) is 14.2. The Labute approximate surface area is 171 Å². The van der Waals surface area contributed by atoms with Gasteiger partial charge in [-0.1, -0.05) is 54.6 Å². The molecule has 2 aromatic heterocycles. The Morgan fingerprint density at radius 2 is 1.66 bits per heavy atom. The number of pyridine rings is 1. The molecule has 0 aliphatic heterocycles. The molecule has 0 radical (unpaired) electrons. The summed E-state index contributed by atoms with van der Waals surface area (Å²) in [5.74, 6) is 0.725. The highest BCUT2D eigenvalue weighted by atomic mass is 15.0. The van der Waals surface area contributed by atoms with E-state index in [-0.39, 0.29) is 5.54 Å². The summed E-state index contributed by atoms with van der Waals surface area (Å²) in [6.07, 6.45) is 8.20. The summed E-state index contributed by atoms with van der Waals surface area (Å²) in [7, 11) is 0. The number of imidazole rings is 1. The second-order valence-electron chi connectivity index (χ2n) is 8.72. The van der Waals surface area contributed by atoms with Crippen molar-refractivity contribution in [2.75, 3.05) is 0 Å². The first-order valence-corrected chi connectivity index (χ1v) is 10.7. The first-order valence-electron chi connectivity index (χ1n) is 10.7. The van der Waals surface area contributed by atoms with Crippen LogP contribution < -0.4 is 5.73 Å². The average molecular weight is 380 g/mol. The number of hydrogen-bond donors (Lipinski definition) is 1. The van der Waals surface area contributed by atoms with E-state index in [0.29, 0.717) is 0 Å². The van der Waals surface area contributed by atoms with E-state index >= 15 is 0 Å². The topological polar surface area (TPSA) is 43.3 Å². The molecule has 2 aromatic carbocycles. The van der Waals surface area contributed by atoms with E-state index in [9.17, 15) is 0 Å². The largest absolute Gasteiger partial charge is 0.321 e. The number of nitrogens with two attached hydrogens (primary N) is 1. The van der Waals surface area contributed by atoms with Gasteiger partial charge in [0.15, 0.2) is 0 Å². The Morgan fingerprint density at radius 1 is 0.897 bits per heavy atom. The summed E-state index contributed by atoms with van der Waals surface area (Å²) in [4.78, 5) is 5.09. The van der Waals surface area contributed by atoms with Crippen molar-refractivity contribution in [3.63, 3.8) is 0 Å². The molecule has 2 N–H and O–H groups in total. The average Bonchev–Trinajstić information content (AvgIpc) is 3.53. The second kappa shape index (κ2) is 6.30. The Morgan fingerprint density at radius 3 is 2.31 bits per heavy atom. The molecule has 0 amide bonds. The second-order valence-corrected chi connectivity index (χ2v) is 8.72. The molecule has 2 fully saturated rings. The first kappa shape index (κ1) is 17.0. The molecule has 2 saturated carbocycles. The zero-order valence-corrected chi connectivity index (χ0v) is 16.5. The van der Waals surface area contributed by atoms with Crippen molar-refractivity contribution in [3.05, 3.63) is 84.1 Å². The lowest BCUT2D eigenvalue weighted by atomic mass is 9.72. The Balaban J connectivity index is 1.51. The van der Waals surface area contributed by atoms with E-state index in [2.05, 4.69) is 77.3 Å². The number of hydrogen-bond acceptors (Lipinski definition) is 2. The summed E-state index contributed by atoms with van der Waals surface area (Å²) in [6, 6.07) is 23.9. The van der Waals surface area contributed by atoms with Gasteiger partial charge in [0.2, 0.25) is 0 Å². The molecule has 6 rings (SSSR count). The van der Waals surface area contributed by atoms with Crippen LogP contribution in [0.4, 0.5) is 0 Å². The maximum atomic E-state index is 6.53. The predicted octanol–water partition coefficient (Wildman–Crippen LogP) is 5.88. The van der Waals surface area contributed by atoms with Crippen molar-refractivity contribution in [1.82, 2.24) is 9.38 Å². The van der Waals surface area contributed by atoms with E-state index in [1.165, 1.54) is 36.0 Å². The zero-order valence-electron chi connectivity index (χ0n) is 16.5. The maximum absolute atomic E-state index is 6.53. The third-order valence-electron chi connectivity index (χ3n) is 6.73. The standard InChI is InChI=1S/C26H25N3/c27-26(14-4-15-26)22-11-9-19(10-12-22)24-25(20-5-2-1-3-6-20)29-16-13-21(18-7-8-18)17-23(29)28-24/h1-3,5-6,9-13,16-18H,4,7-8,14-15,27H2. The Hall–Kier alpha value is -2.91. The van der Waals surface area contributed by atoms with Gasteiger partial charge in [-0.15, -0.1) is 0 Å². The van der Waals surface area contributed by atoms with Crippen molar-refractivity contribution >= 4 is 5.65 Å². The number of fused-ring (bicyclic) bond motifs is 1. The lowest BCUT2D eigenvalue weighted by Gasteiger charge is -2.38. The minimum atomic E-state index is -0.126. The van der Waals surface area contributed by atoms with Crippen LogP contribution in [-0.4, -0.2) is 9.38 Å². The smallest absolute Gasteiger partial charge is 0.138 e. The van der Waals surface area contributed by atoms with E-state index in [1.807, 2.05) is 0 Å². The minimum absolute atomic E-state index is 0.126. The fraction of sp³-hybridized carbons (Fsp3) is 0.269. The monoisotopic (exact) mass is 379 g/mol. The summed E-state index contributed by atoms with van der Waals surface area (Å²) in [6.45, 7) is 0. The highest BCUT2D eigenvalue weighted by Gasteiger charge is 2.34. The van der Waals surface area contributed by atoms with Gasteiger partial charge in [-0.25, -0.2) is 4.98 Å². The van der Waals surface area contributed by atoms with E-state index < -0.39 is 0 Å². The molecule has 2 aliphatic carbocycles.